The number of nitrogens with zero attached hydrogens (tertiary/aromatic N) is 8. The van der Waals surface area contributed by atoms with Crippen molar-refractivity contribution in [2.24, 2.45) is 0 Å². The number of fused-ring (bicyclic) bond motifs is 6. The van der Waals surface area contributed by atoms with Crippen molar-refractivity contribution in [2.45, 2.75) is 0 Å². The van der Waals surface area contributed by atoms with Gasteiger partial charge < -0.3 is 9.13 Å². The number of rotatable bonds is 14. The first-order valence-electron chi connectivity index (χ1n) is 35.1. The highest BCUT2D eigenvalue weighted by Gasteiger charge is 2.25. The molecule has 0 fully saturated rings. The van der Waals surface area contributed by atoms with E-state index < -0.39 is 0 Å². The SMILES string of the molecule is c1ccc(-c2ccc3c(c2)c2cc(-c4ccccc4)ccc2n3-c2cc(-c3cccc(-c4ccc(-c5nc(-c6ccccc6)nc(-c6ccccc6)n5)c(-n5c6ccc(-c7ccccc7)cc6c6cc(-c7ccccc7)ccc65)c4)c3)ccc2-c2nc(-c3ccccc3)nc(-c3ccccc3)n2)cc1. The second-order valence-electron chi connectivity index (χ2n) is 26.2. The maximum Gasteiger partial charge on any atom is 0.166 e. The van der Waals surface area contributed by atoms with Gasteiger partial charge in [-0.15, -0.1) is 0 Å². The van der Waals surface area contributed by atoms with Crippen molar-refractivity contribution in [1.29, 1.82) is 0 Å². The highest BCUT2D eigenvalue weighted by Crippen LogP contribution is 2.45. The Labute approximate surface area is 601 Å². The van der Waals surface area contributed by atoms with Gasteiger partial charge in [-0.25, -0.2) is 29.9 Å². The normalized spacial score (nSPS) is 11.5. The topological polar surface area (TPSA) is 87.2 Å². The van der Waals surface area contributed by atoms with E-state index in [1.54, 1.807) is 0 Å². The highest BCUT2D eigenvalue weighted by atomic mass is 15.1. The van der Waals surface area contributed by atoms with E-state index in [9.17, 15) is 0 Å². The van der Waals surface area contributed by atoms with Crippen molar-refractivity contribution in [3.05, 3.63) is 376 Å². The van der Waals surface area contributed by atoms with Gasteiger partial charge in [0.25, 0.3) is 0 Å². The standard InChI is InChI=1S/C96H62N8/c1-9-26-63(27-10-1)73-46-52-85-81(57-73)82-58-74(64-28-11-2-12-29-64)47-53-86(82)103(85)89-61-77(44-50-79(89)95-99-91(67-34-17-5-18-35-67)97-92(100-95)68-36-19-6-20-37-68)71-42-25-43-72(56-71)78-45-51-80(96-101-93(69-38-21-7-22-39-69)98-94(102-96)70-40-23-8-24-41-70)90(62-78)104-87-54-48-75(65-30-13-3-14-31-65)59-83(87)84-60-76(49-55-88(84)104)66-32-15-4-16-33-66/h1-62H. The van der Waals surface area contributed by atoms with Crippen molar-refractivity contribution >= 4 is 43.6 Å². The van der Waals surface area contributed by atoms with Gasteiger partial charge in [-0.05, 0) is 146 Å². The molecule has 0 aliphatic carbocycles. The van der Waals surface area contributed by atoms with Gasteiger partial charge in [0.2, 0.25) is 0 Å². The molecule has 8 heteroatoms. The van der Waals surface area contributed by atoms with E-state index in [0.29, 0.717) is 34.9 Å². The Bertz CT molecular complexity index is 5720. The fourth-order valence-electron chi connectivity index (χ4n) is 14.7. The fourth-order valence-corrected chi connectivity index (χ4v) is 14.7. The molecule has 0 atom stereocenters. The zero-order valence-corrected chi connectivity index (χ0v) is 56.4. The summed E-state index contributed by atoms with van der Waals surface area (Å²) in [6.45, 7) is 0. The molecule has 8 nitrogen and oxygen atoms in total. The molecule has 0 aliphatic heterocycles. The summed E-state index contributed by atoms with van der Waals surface area (Å²) < 4.78 is 4.84. The first-order valence-corrected chi connectivity index (χ1v) is 35.1. The van der Waals surface area contributed by atoms with Crippen LogP contribution in [0.1, 0.15) is 0 Å². The molecule has 0 bridgehead atoms. The van der Waals surface area contributed by atoms with E-state index in [4.69, 9.17) is 29.9 Å². The third-order valence-electron chi connectivity index (χ3n) is 19.8. The lowest BCUT2D eigenvalue weighted by molar-refractivity contribution is 1.06. The van der Waals surface area contributed by atoms with Crippen LogP contribution in [0.2, 0.25) is 0 Å². The molecule has 4 aromatic heterocycles. The van der Waals surface area contributed by atoms with Crippen LogP contribution in [0.5, 0.6) is 0 Å². The van der Waals surface area contributed by atoms with Gasteiger partial charge in [-0.2, -0.15) is 0 Å². The Morgan fingerprint density at radius 3 is 0.606 bits per heavy atom. The van der Waals surface area contributed by atoms with E-state index in [1.807, 2.05) is 72.8 Å². The molecular weight excluding hydrogens is 1270 g/mol. The van der Waals surface area contributed by atoms with Gasteiger partial charge in [0, 0.05) is 54.9 Å². The second-order valence-corrected chi connectivity index (χ2v) is 26.2. The number of hydrogen-bond donors (Lipinski definition) is 0. The lowest BCUT2D eigenvalue weighted by Gasteiger charge is -2.18. The molecule has 0 saturated heterocycles. The molecule has 104 heavy (non-hydrogen) atoms. The van der Waals surface area contributed by atoms with Crippen LogP contribution in [-0.4, -0.2) is 39.0 Å². The summed E-state index contributed by atoms with van der Waals surface area (Å²) in [4.78, 5) is 32.0. The van der Waals surface area contributed by atoms with Crippen LogP contribution in [0, 0.1) is 0 Å². The van der Waals surface area contributed by atoms with E-state index in [0.717, 1.165) is 155 Å². The van der Waals surface area contributed by atoms with Crippen LogP contribution in [0.15, 0.2) is 376 Å². The quantitative estimate of drug-likeness (QED) is 0.108. The maximum absolute atomic E-state index is 5.42. The smallest absolute Gasteiger partial charge is 0.166 e. The van der Waals surface area contributed by atoms with Gasteiger partial charge in [0.1, 0.15) is 0 Å². The van der Waals surface area contributed by atoms with Gasteiger partial charge in [0.15, 0.2) is 34.9 Å². The highest BCUT2D eigenvalue weighted by molar-refractivity contribution is 6.14. The van der Waals surface area contributed by atoms with Gasteiger partial charge in [0.05, 0.1) is 33.4 Å². The molecular formula is C96H62N8. The lowest BCUT2D eigenvalue weighted by Crippen LogP contribution is -2.04. The maximum atomic E-state index is 5.42. The summed E-state index contributed by atoms with van der Waals surface area (Å²) >= 11 is 0. The Kier molecular flexibility index (Phi) is 15.4. The number of benzene rings is 15. The minimum Gasteiger partial charge on any atom is -0.308 e. The summed E-state index contributed by atoms with van der Waals surface area (Å²) in [5, 5.41) is 4.51. The fraction of sp³-hybridized carbons (Fsp3) is 0. The van der Waals surface area contributed by atoms with E-state index in [2.05, 4.69) is 312 Å². The molecule has 0 spiro atoms. The van der Waals surface area contributed by atoms with Crippen LogP contribution in [0.25, 0.3) is 190 Å². The van der Waals surface area contributed by atoms with Crippen molar-refractivity contribution in [1.82, 2.24) is 39.0 Å². The molecule has 0 amide bonds. The summed E-state index contributed by atoms with van der Waals surface area (Å²) in [6.07, 6.45) is 0. The van der Waals surface area contributed by atoms with Gasteiger partial charge in [-0.1, -0.05) is 297 Å². The predicted molar refractivity (Wildman–Crippen MR) is 427 cm³/mol. The molecule has 19 aromatic rings. The molecule has 0 N–H and O–H groups in total. The summed E-state index contributed by atoms with van der Waals surface area (Å²) in [5.41, 5.74) is 24.5. The lowest BCUT2D eigenvalue weighted by atomic mass is 9.96. The Morgan fingerprint density at radius 1 is 0.144 bits per heavy atom. The summed E-state index contributed by atoms with van der Waals surface area (Å²) in [5.74, 6) is 3.46. The van der Waals surface area contributed by atoms with Crippen LogP contribution in [0.3, 0.4) is 0 Å². The first-order chi connectivity index (χ1) is 51.5. The second kappa shape index (κ2) is 26.2. The largest absolute Gasteiger partial charge is 0.308 e. The molecule has 0 unspecified atom stereocenters. The first kappa shape index (κ1) is 61.0. The molecule has 0 radical (unpaired) electrons. The average molecular weight is 1330 g/mol. The van der Waals surface area contributed by atoms with Crippen LogP contribution in [0.4, 0.5) is 0 Å². The zero-order chi connectivity index (χ0) is 68.9. The number of aromatic nitrogens is 8. The van der Waals surface area contributed by atoms with Crippen molar-refractivity contribution in [3.63, 3.8) is 0 Å². The van der Waals surface area contributed by atoms with Gasteiger partial charge >= 0.3 is 0 Å². The summed E-state index contributed by atoms with van der Waals surface area (Å²) in [6, 6.07) is 133. The van der Waals surface area contributed by atoms with Crippen molar-refractivity contribution in [3.8, 4) is 146 Å². The Balaban J connectivity index is 0.836. The Hall–Kier alpha value is -14.1. The molecule has 19 rings (SSSR count). The molecule has 15 aromatic carbocycles. The third kappa shape index (κ3) is 11.3. The van der Waals surface area contributed by atoms with Crippen LogP contribution in [-0.2, 0) is 0 Å². The molecule has 486 valence electrons. The average Bonchev–Trinajstić information content (AvgIpc) is 1.57. The van der Waals surface area contributed by atoms with E-state index in [-0.39, 0.29) is 0 Å². The predicted octanol–water partition coefficient (Wildman–Crippen LogP) is 24.3. The van der Waals surface area contributed by atoms with E-state index in [1.165, 1.54) is 0 Å². The molecule has 0 saturated carbocycles. The monoisotopic (exact) mass is 1330 g/mol. The minimum atomic E-state index is 0.556. The number of hydrogen-bond acceptors (Lipinski definition) is 6. The zero-order valence-electron chi connectivity index (χ0n) is 56.4. The Morgan fingerprint density at radius 2 is 0.346 bits per heavy atom. The van der Waals surface area contributed by atoms with Gasteiger partial charge in [-0.3, -0.25) is 0 Å². The van der Waals surface area contributed by atoms with Crippen LogP contribution >= 0.6 is 0 Å². The van der Waals surface area contributed by atoms with E-state index >= 15 is 0 Å². The van der Waals surface area contributed by atoms with Crippen molar-refractivity contribution < 1.29 is 0 Å². The molecule has 4 heterocycles. The van der Waals surface area contributed by atoms with Crippen LogP contribution < -0.4 is 0 Å². The minimum absolute atomic E-state index is 0.556. The third-order valence-corrected chi connectivity index (χ3v) is 19.8. The van der Waals surface area contributed by atoms with Crippen molar-refractivity contribution in [2.75, 3.05) is 0 Å². The summed E-state index contributed by atoms with van der Waals surface area (Å²) in [7, 11) is 0. The molecule has 0 aliphatic rings.